The minimum atomic E-state index is -3.42. The Kier molecular flexibility index (Phi) is 4.25. The number of rotatable bonds is 6. The molecule has 0 aliphatic rings. The Balaban J connectivity index is 1.97. The molecule has 0 aliphatic carbocycles. The van der Waals surface area contributed by atoms with Crippen LogP contribution >= 0.6 is 0 Å². The minimum Gasteiger partial charge on any atom is -0.311 e. The molecule has 0 radical (unpaired) electrons. The van der Waals surface area contributed by atoms with E-state index in [-0.39, 0.29) is 5.75 Å². The Bertz CT molecular complexity index is 624. The number of pyridine rings is 1. The first-order valence-corrected chi connectivity index (χ1v) is 7.41. The Morgan fingerprint density at radius 2 is 2.21 bits per heavy atom. The molecule has 4 N–H and O–H groups in total. The van der Waals surface area contributed by atoms with Crippen molar-refractivity contribution >= 4 is 10.0 Å². The SMILES string of the molecule is NS(=O)(=O)CCNCc1cn[nH]c1-c1cccnc1. The van der Waals surface area contributed by atoms with Gasteiger partial charge in [0.1, 0.15) is 0 Å². The van der Waals surface area contributed by atoms with Gasteiger partial charge < -0.3 is 5.32 Å². The first-order valence-electron chi connectivity index (χ1n) is 5.70. The Morgan fingerprint density at radius 1 is 1.37 bits per heavy atom. The Labute approximate surface area is 111 Å². The summed E-state index contributed by atoms with van der Waals surface area (Å²) in [5.41, 5.74) is 2.75. The number of primary sulfonamides is 1. The second-order valence-electron chi connectivity index (χ2n) is 4.06. The molecule has 0 amide bonds. The topological polar surface area (TPSA) is 114 Å². The largest absolute Gasteiger partial charge is 0.311 e. The van der Waals surface area contributed by atoms with Crippen LogP contribution in [0.5, 0.6) is 0 Å². The third-order valence-electron chi connectivity index (χ3n) is 2.55. The zero-order valence-electron chi connectivity index (χ0n) is 10.2. The summed E-state index contributed by atoms with van der Waals surface area (Å²) in [6.07, 6.45) is 5.14. The molecule has 102 valence electrons. The molecule has 7 nitrogen and oxygen atoms in total. The van der Waals surface area contributed by atoms with Crippen molar-refractivity contribution in [1.82, 2.24) is 20.5 Å². The molecule has 2 aromatic heterocycles. The fourth-order valence-corrected chi connectivity index (χ4v) is 2.07. The number of sulfonamides is 1. The summed E-state index contributed by atoms with van der Waals surface area (Å²) in [5.74, 6) is -0.0902. The van der Waals surface area contributed by atoms with Crippen LogP contribution in [-0.2, 0) is 16.6 Å². The molecule has 2 aromatic rings. The lowest BCUT2D eigenvalue weighted by atomic mass is 10.1. The van der Waals surface area contributed by atoms with Crippen molar-refractivity contribution in [3.63, 3.8) is 0 Å². The monoisotopic (exact) mass is 281 g/mol. The van der Waals surface area contributed by atoms with Crippen LogP contribution in [0.15, 0.2) is 30.7 Å². The van der Waals surface area contributed by atoms with Crippen molar-refractivity contribution in [2.75, 3.05) is 12.3 Å². The van der Waals surface area contributed by atoms with Crippen molar-refractivity contribution in [2.45, 2.75) is 6.54 Å². The first-order chi connectivity index (χ1) is 9.06. The highest BCUT2D eigenvalue weighted by atomic mass is 32.2. The molecule has 2 rings (SSSR count). The van der Waals surface area contributed by atoms with Crippen molar-refractivity contribution < 1.29 is 8.42 Å². The quantitative estimate of drug-likeness (QED) is 0.637. The van der Waals surface area contributed by atoms with Crippen molar-refractivity contribution in [3.05, 3.63) is 36.3 Å². The summed E-state index contributed by atoms with van der Waals surface area (Å²) in [4.78, 5) is 4.05. The number of aromatic nitrogens is 3. The molecule has 0 spiro atoms. The lowest BCUT2D eigenvalue weighted by Crippen LogP contribution is -2.26. The van der Waals surface area contributed by atoms with Crippen LogP contribution in [0.4, 0.5) is 0 Å². The molecule has 0 atom stereocenters. The second kappa shape index (κ2) is 5.91. The van der Waals surface area contributed by atoms with Crippen LogP contribution in [0.25, 0.3) is 11.3 Å². The highest BCUT2D eigenvalue weighted by Crippen LogP contribution is 2.19. The molecule has 19 heavy (non-hydrogen) atoms. The number of H-pyrrole nitrogens is 1. The van der Waals surface area contributed by atoms with E-state index >= 15 is 0 Å². The van der Waals surface area contributed by atoms with Gasteiger partial charge in [-0.05, 0) is 12.1 Å². The van der Waals surface area contributed by atoms with Gasteiger partial charge in [0.2, 0.25) is 10.0 Å². The van der Waals surface area contributed by atoms with Gasteiger partial charge in [-0.3, -0.25) is 10.1 Å². The van der Waals surface area contributed by atoms with E-state index in [0.717, 1.165) is 16.8 Å². The third kappa shape index (κ3) is 4.12. The fourth-order valence-electron chi connectivity index (χ4n) is 1.64. The number of nitrogens with zero attached hydrogens (tertiary/aromatic N) is 2. The first kappa shape index (κ1) is 13.7. The van der Waals surface area contributed by atoms with E-state index in [1.165, 1.54) is 0 Å². The molecule has 0 unspecified atom stereocenters. The molecule has 0 aliphatic heterocycles. The molecular formula is C11H15N5O2S. The standard InChI is InChI=1S/C11H15N5O2S/c12-19(17,18)5-4-14-7-10-8-15-16-11(10)9-2-1-3-13-6-9/h1-3,6,8,14H,4-5,7H2,(H,15,16)(H2,12,17,18). The summed E-state index contributed by atoms with van der Waals surface area (Å²) in [5, 5.41) is 14.8. The van der Waals surface area contributed by atoms with E-state index in [1.807, 2.05) is 12.1 Å². The average Bonchev–Trinajstić information content (AvgIpc) is 2.83. The van der Waals surface area contributed by atoms with Gasteiger partial charge in [-0.15, -0.1) is 0 Å². The zero-order valence-corrected chi connectivity index (χ0v) is 11.0. The molecule has 0 bridgehead atoms. The van der Waals surface area contributed by atoms with Crippen LogP contribution in [0, 0.1) is 0 Å². The number of aromatic amines is 1. The predicted octanol–water partition coefficient (Wildman–Crippen LogP) is -0.150. The maximum Gasteiger partial charge on any atom is 0.210 e. The van der Waals surface area contributed by atoms with Crippen LogP contribution < -0.4 is 10.5 Å². The van der Waals surface area contributed by atoms with E-state index in [9.17, 15) is 8.42 Å². The van der Waals surface area contributed by atoms with E-state index in [4.69, 9.17) is 5.14 Å². The lowest BCUT2D eigenvalue weighted by Gasteiger charge is -2.04. The second-order valence-corrected chi connectivity index (χ2v) is 5.79. The highest BCUT2D eigenvalue weighted by molar-refractivity contribution is 7.89. The van der Waals surface area contributed by atoms with Gasteiger partial charge in [-0.2, -0.15) is 5.10 Å². The Morgan fingerprint density at radius 3 is 2.89 bits per heavy atom. The van der Waals surface area contributed by atoms with Crippen LogP contribution in [-0.4, -0.2) is 35.9 Å². The minimum absolute atomic E-state index is 0.0902. The van der Waals surface area contributed by atoms with Gasteiger partial charge in [0.05, 0.1) is 17.6 Å². The molecule has 0 saturated carbocycles. The van der Waals surface area contributed by atoms with Crippen molar-refractivity contribution in [3.8, 4) is 11.3 Å². The molecule has 0 fully saturated rings. The zero-order chi connectivity index (χ0) is 13.7. The molecular weight excluding hydrogens is 266 g/mol. The molecule has 8 heteroatoms. The average molecular weight is 281 g/mol. The Hall–Kier alpha value is -1.77. The van der Waals surface area contributed by atoms with Gasteiger partial charge in [-0.1, -0.05) is 0 Å². The number of hydrogen-bond acceptors (Lipinski definition) is 5. The maximum absolute atomic E-state index is 10.8. The fraction of sp³-hybridized carbons (Fsp3) is 0.273. The van der Waals surface area contributed by atoms with E-state index in [0.29, 0.717) is 13.1 Å². The lowest BCUT2D eigenvalue weighted by molar-refractivity contribution is 0.592. The predicted molar refractivity (Wildman–Crippen MR) is 71.5 cm³/mol. The number of nitrogens with one attached hydrogen (secondary N) is 2. The molecule has 0 saturated heterocycles. The van der Waals surface area contributed by atoms with Crippen LogP contribution in [0.1, 0.15) is 5.56 Å². The third-order valence-corrected chi connectivity index (χ3v) is 3.32. The summed E-state index contributed by atoms with van der Waals surface area (Å²) in [6, 6.07) is 3.77. The normalized spacial score (nSPS) is 11.6. The van der Waals surface area contributed by atoms with Gasteiger partial charge in [-0.25, -0.2) is 13.6 Å². The van der Waals surface area contributed by atoms with Crippen LogP contribution in [0.2, 0.25) is 0 Å². The van der Waals surface area contributed by atoms with Gasteiger partial charge in [0.15, 0.2) is 0 Å². The van der Waals surface area contributed by atoms with Gasteiger partial charge >= 0.3 is 0 Å². The summed E-state index contributed by atoms with van der Waals surface area (Å²) < 4.78 is 21.6. The van der Waals surface area contributed by atoms with Crippen molar-refractivity contribution in [2.24, 2.45) is 5.14 Å². The highest BCUT2D eigenvalue weighted by Gasteiger charge is 2.08. The van der Waals surface area contributed by atoms with Gasteiger partial charge in [0, 0.05) is 36.6 Å². The van der Waals surface area contributed by atoms with E-state index in [2.05, 4.69) is 20.5 Å². The number of hydrogen-bond donors (Lipinski definition) is 3. The van der Waals surface area contributed by atoms with E-state index < -0.39 is 10.0 Å². The number of nitrogens with two attached hydrogens (primary N) is 1. The van der Waals surface area contributed by atoms with Crippen LogP contribution in [0.3, 0.4) is 0 Å². The molecule has 0 aromatic carbocycles. The molecule has 2 heterocycles. The van der Waals surface area contributed by atoms with Gasteiger partial charge in [0.25, 0.3) is 0 Å². The van der Waals surface area contributed by atoms with E-state index in [1.54, 1.807) is 18.6 Å². The summed E-state index contributed by atoms with van der Waals surface area (Å²) in [7, 11) is -3.42. The van der Waals surface area contributed by atoms with Crippen molar-refractivity contribution in [1.29, 1.82) is 0 Å². The summed E-state index contributed by atoms with van der Waals surface area (Å²) in [6.45, 7) is 0.812. The summed E-state index contributed by atoms with van der Waals surface area (Å²) >= 11 is 0. The smallest absolute Gasteiger partial charge is 0.210 e. The maximum atomic E-state index is 10.8.